The third-order valence-corrected chi connectivity index (χ3v) is 2.39. The third-order valence-electron chi connectivity index (χ3n) is 2.26. The van der Waals surface area contributed by atoms with Crippen molar-refractivity contribution in [2.45, 2.75) is 26.8 Å². The summed E-state index contributed by atoms with van der Waals surface area (Å²) < 4.78 is 6.90. The highest BCUT2D eigenvalue weighted by molar-refractivity contribution is 7.80. The Kier molecular flexibility index (Phi) is 5.15. The summed E-state index contributed by atoms with van der Waals surface area (Å²) >= 11 is 4.78. The topological polar surface area (TPSA) is 57.2 Å². The molecule has 0 aliphatic heterocycles. The van der Waals surface area contributed by atoms with E-state index in [1.807, 2.05) is 0 Å². The lowest BCUT2D eigenvalue weighted by Gasteiger charge is -2.09. The number of nitrogens with two attached hydrogens (primary N) is 1. The molecule has 0 atom stereocenters. The first-order valence-electron chi connectivity index (χ1n) is 5.61. The molecule has 1 aromatic rings. The van der Waals surface area contributed by atoms with E-state index in [2.05, 4.69) is 13.8 Å². The molecule has 1 aromatic heterocycles. The number of pyridine rings is 1. The molecular formula is C12H18N2O2S. The Bertz CT molecular complexity index is 440. The van der Waals surface area contributed by atoms with E-state index in [0.29, 0.717) is 18.3 Å². The predicted octanol–water partition coefficient (Wildman–Crippen LogP) is 1.56. The van der Waals surface area contributed by atoms with Crippen molar-refractivity contribution in [3.63, 3.8) is 0 Å². The summed E-state index contributed by atoms with van der Waals surface area (Å²) in [5.41, 5.74) is 5.22. The van der Waals surface area contributed by atoms with E-state index >= 15 is 0 Å². The van der Waals surface area contributed by atoms with Crippen LogP contribution in [-0.2, 0) is 6.54 Å². The summed E-state index contributed by atoms with van der Waals surface area (Å²) in [6, 6.07) is 3.42. The van der Waals surface area contributed by atoms with Gasteiger partial charge in [-0.15, -0.1) is 0 Å². The first kappa shape index (κ1) is 13.7. The van der Waals surface area contributed by atoms with Gasteiger partial charge in [0.2, 0.25) is 0 Å². The Morgan fingerprint density at radius 3 is 2.88 bits per heavy atom. The van der Waals surface area contributed by atoms with Gasteiger partial charge in [0, 0.05) is 6.20 Å². The number of aromatic nitrogens is 1. The number of rotatable bonds is 6. The van der Waals surface area contributed by atoms with Gasteiger partial charge in [0.05, 0.1) is 18.1 Å². The third kappa shape index (κ3) is 4.56. The van der Waals surface area contributed by atoms with Crippen LogP contribution in [0.4, 0.5) is 0 Å². The molecule has 0 spiro atoms. The molecule has 0 aliphatic carbocycles. The van der Waals surface area contributed by atoms with Crippen LogP contribution in [0.3, 0.4) is 0 Å². The zero-order valence-corrected chi connectivity index (χ0v) is 11.0. The molecule has 0 amide bonds. The summed E-state index contributed by atoms with van der Waals surface area (Å²) in [5.74, 6) is 0.905. The van der Waals surface area contributed by atoms with E-state index in [9.17, 15) is 4.79 Å². The predicted molar refractivity (Wildman–Crippen MR) is 72.4 cm³/mol. The second-order valence-electron chi connectivity index (χ2n) is 4.30. The molecule has 0 aromatic carbocycles. The van der Waals surface area contributed by atoms with Crippen LogP contribution in [0.1, 0.15) is 20.3 Å². The van der Waals surface area contributed by atoms with Gasteiger partial charge in [-0.25, -0.2) is 0 Å². The molecule has 2 N–H and O–H groups in total. The van der Waals surface area contributed by atoms with E-state index in [0.717, 1.165) is 6.42 Å². The lowest BCUT2D eigenvalue weighted by molar-refractivity contribution is 0.284. The molecule has 0 bridgehead atoms. The fourth-order valence-corrected chi connectivity index (χ4v) is 1.46. The monoisotopic (exact) mass is 254 g/mol. The first-order chi connectivity index (χ1) is 8.00. The maximum Gasteiger partial charge on any atom is 0.293 e. The summed E-state index contributed by atoms with van der Waals surface area (Å²) in [7, 11) is 0. The van der Waals surface area contributed by atoms with Crippen LogP contribution in [-0.4, -0.2) is 16.2 Å². The number of hydrogen-bond donors (Lipinski definition) is 1. The lowest BCUT2D eigenvalue weighted by Crippen LogP contribution is -2.27. The van der Waals surface area contributed by atoms with Crippen molar-refractivity contribution < 1.29 is 4.74 Å². The summed E-state index contributed by atoms with van der Waals surface area (Å²) in [6.45, 7) is 5.01. The van der Waals surface area contributed by atoms with Gasteiger partial charge in [-0.3, -0.25) is 4.79 Å². The van der Waals surface area contributed by atoms with Crippen LogP contribution in [0.5, 0.6) is 5.75 Å². The molecule has 0 radical (unpaired) electrons. The molecule has 5 heteroatoms. The first-order valence-corrected chi connectivity index (χ1v) is 6.02. The smallest absolute Gasteiger partial charge is 0.293 e. The van der Waals surface area contributed by atoms with Crippen LogP contribution in [0.2, 0.25) is 0 Å². The molecule has 0 fully saturated rings. The van der Waals surface area contributed by atoms with Crippen LogP contribution in [0.25, 0.3) is 0 Å². The maximum absolute atomic E-state index is 11.9. The van der Waals surface area contributed by atoms with Crippen molar-refractivity contribution in [1.82, 2.24) is 4.57 Å². The van der Waals surface area contributed by atoms with Gasteiger partial charge in [-0.05, 0) is 24.5 Å². The van der Waals surface area contributed by atoms with Crippen LogP contribution in [0.15, 0.2) is 23.1 Å². The summed E-state index contributed by atoms with van der Waals surface area (Å²) in [5, 5.41) is 0. The fraction of sp³-hybridized carbons (Fsp3) is 0.500. The quantitative estimate of drug-likeness (QED) is 0.783. The van der Waals surface area contributed by atoms with Crippen molar-refractivity contribution in [3.8, 4) is 5.75 Å². The van der Waals surface area contributed by atoms with Crippen molar-refractivity contribution in [2.24, 2.45) is 11.7 Å². The van der Waals surface area contributed by atoms with Crippen molar-refractivity contribution in [3.05, 3.63) is 28.7 Å². The minimum absolute atomic E-state index is 0.191. The second kappa shape index (κ2) is 6.39. The molecular weight excluding hydrogens is 236 g/mol. The minimum Gasteiger partial charge on any atom is -0.488 e. The van der Waals surface area contributed by atoms with Gasteiger partial charge in [-0.2, -0.15) is 0 Å². The number of ether oxygens (including phenoxy) is 1. The van der Waals surface area contributed by atoms with Crippen LogP contribution < -0.4 is 16.0 Å². The molecule has 1 rings (SSSR count). The highest BCUT2D eigenvalue weighted by Crippen LogP contribution is 2.05. The number of nitrogens with zero attached hydrogens (tertiary/aromatic N) is 1. The van der Waals surface area contributed by atoms with Crippen LogP contribution >= 0.6 is 12.2 Å². The zero-order chi connectivity index (χ0) is 12.8. The van der Waals surface area contributed by atoms with Gasteiger partial charge in [0.25, 0.3) is 5.56 Å². The van der Waals surface area contributed by atoms with Crippen molar-refractivity contribution >= 4 is 17.2 Å². The molecule has 4 nitrogen and oxygen atoms in total. The Labute approximate surface area is 106 Å². The largest absolute Gasteiger partial charge is 0.488 e. The average Bonchev–Trinajstić information content (AvgIpc) is 2.22. The summed E-state index contributed by atoms with van der Waals surface area (Å²) in [4.78, 5) is 12.2. The molecule has 0 saturated heterocycles. The Hall–Kier alpha value is -1.36. The Morgan fingerprint density at radius 2 is 2.29 bits per heavy atom. The second-order valence-corrected chi connectivity index (χ2v) is 4.83. The highest BCUT2D eigenvalue weighted by atomic mass is 32.1. The highest BCUT2D eigenvalue weighted by Gasteiger charge is 2.05. The zero-order valence-electron chi connectivity index (χ0n) is 10.2. The van der Waals surface area contributed by atoms with Crippen molar-refractivity contribution in [2.75, 3.05) is 6.61 Å². The molecule has 0 saturated carbocycles. The van der Waals surface area contributed by atoms with Crippen molar-refractivity contribution in [1.29, 1.82) is 0 Å². The van der Waals surface area contributed by atoms with Gasteiger partial charge in [0.1, 0.15) is 0 Å². The van der Waals surface area contributed by atoms with Gasteiger partial charge < -0.3 is 15.0 Å². The van der Waals surface area contributed by atoms with Gasteiger partial charge in [-0.1, -0.05) is 26.1 Å². The fourth-order valence-electron chi connectivity index (χ4n) is 1.32. The standard InChI is InChI=1S/C12H18N2O2S/c1-9(2)5-7-16-10-4-3-6-14(12(10)15)8-11(13)17/h3-4,6,9H,5,7-8H2,1-2H3,(H2,13,17). The number of thiocarbonyl (C=S) groups is 1. The molecule has 0 unspecified atom stereocenters. The van der Waals surface area contributed by atoms with E-state index in [1.54, 1.807) is 18.3 Å². The normalized spacial score (nSPS) is 10.5. The Balaban J connectivity index is 2.73. The molecule has 0 aliphatic rings. The van der Waals surface area contributed by atoms with Gasteiger partial charge >= 0.3 is 0 Å². The average molecular weight is 254 g/mol. The minimum atomic E-state index is -0.191. The van der Waals surface area contributed by atoms with E-state index < -0.39 is 0 Å². The van der Waals surface area contributed by atoms with Gasteiger partial charge in [0.15, 0.2) is 5.75 Å². The lowest BCUT2D eigenvalue weighted by atomic mass is 10.1. The Morgan fingerprint density at radius 1 is 1.59 bits per heavy atom. The molecule has 17 heavy (non-hydrogen) atoms. The molecule has 1 heterocycles. The van der Waals surface area contributed by atoms with E-state index in [1.165, 1.54) is 4.57 Å². The molecule has 94 valence electrons. The van der Waals surface area contributed by atoms with E-state index in [-0.39, 0.29) is 17.1 Å². The number of hydrogen-bond acceptors (Lipinski definition) is 3. The maximum atomic E-state index is 11.9. The SMILES string of the molecule is CC(C)CCOc1cccn(CC(N)=S)c1=O. The van der Waals surface area contributed by atoms with Crippen LogP contribution in [0, 0.1) is 5.92 Å². The van der Waals surface area contributed by atoms with E-state index in [4.69, 9.17) is 22.7 Å². The summed E-state index contributed by atoms with van der Waals surface area (Å²) in [6.07, 6.45) is 2.57.